The minimum atomic E-state index is -0.335. The molecule has 2 N–H and O–H groups in total. The summed E-state index contributed by atoms with van der Waals surface area (Å²) in [6.45, 7) is 1.90. The lowest BCUT2D eigenvalue weighted by atomic mass is 10.1. The van der Waals surface area contributed by atoms with Crippen molar-refractivity contribution in [2.75, 3.05) is 5.73 Å². The number of fused-ring (bicyclic) bond motifs is 1. The number of benzene rings is 1. The molecule has 0 aliphatic heterocycles. The van der Waals surface area contributed by atoms with E-state index in [4.69, 9.17) is 28.9 Å². The van der Waals surface area contributed by atoms with Gasteiger partial charge in [-0.2, -0.15) is 0 Å². The molecule has 0 amide bonds. The molecule has 0 bridgehead atoms. The standard InChI is InChI=1S/C18H16Cl2N5O/c1-9(23-16-13(20)8-22-18(21)24-16)14-7-10-3-2-4-12(19)15(10)17(26)25(14)11-5-6-11/h2-4,7-9,11H,5-6H2,1H3,(H2-,21,22,23,24)/q-1. The van der Waals surface area contributed by atoms with Gasteiger partial charge in [0.2, 0.25) is 0 Å². The van der Waals surface area contributed by atoms with Gasteiger partial charge in [0.15, 0.2) is 0 Å². The average Bonchev–Trinajstić information content (AvgIpc) is 3.42. The zero-order valence-electron chi connectivity index (χ0n) is 14.0. The fraction of sp³-hybridized carbons (Fsp3) is 0.278. The largest absolute Gasteiger partial charge is 0.455 e. The number of anilines is 1. The molecule has 0 radical (unpaired) electrons. The Balaban J connectivity index is 1.84. The summed E-state index contributed by atoms with van der Waals surface area (Å²) < 4.78 is 1.81. The predicted octanol–water partition coefficient (Wildman–Crippen LogP) is 4.78. The number of halogens is 2. The maximum Gasteiger partial charge on any atom is 0.260 e. The van der Waals surface area contributed by atoms with Crippen molar-refractivity contribution < 1.29 is 0 Å². The van der Waals surface area contributed by atoms with E-state index in [9.17, 15) is 4.79 Å². The molecule has 1 unspecified atom stereocenters. The molecule has 1 fully saturated rings. The molecular formula is C18H16Cl2N5O-. The van der Waals surface area contributed by atoms with Crippen molar-refractivity contribution in [3.63, 3.8) is 0 Å². The Morgan fingerprint density at radius 3 is 2.81 bits per heavy atom. The molecule has 1 saturated carbocycles. The van der Waals surface area contributed by atoms with Crippen molar-refractivity contribution in [1.29, 1.82) is 0 Å². The molecule has 1 aliphatic rings. The summed E-state index contributed by atoms with van der Waals surface area (Å²) in [5, 5.41) is 6.69. The first-order chi connectivity index (χ1) is 12.5. The molecule has 0 saturated heterocycles. The second-order valence-corrected chi connectivity index (χ2v) is 7.20. The Bertz CT molecular complexity index is 1060. The Hall–Kier alpha value is -2.31. The molecule has 3 aromatic rings. The van der Waals surface area contributed by atoms with Crippen LogP contribution in [0.5, 0.6) is 0 Å². The maximum absolute atomic E-state index is 13.1. The summed E-state index contributed by atoms with van der Waals surface area (Å²) in [5.74, 6) is 0.415. The first kappa shape index (κ1) is 17.1. The van der Waals surface area contributed by atoms with Crippen LogP contribution < -0.4 is 11.3 Å². The lowest BCUT2D eigenvalue weighted by molar-refractivity contribution is 0.645. The van der Waals surface area contributed by atoms with Crippen LogP contribution in [0.1, 0.15) is 37.5 Å². The van der Waals surface area contributed by atoms with Crippen LogP contribution in [0.2, 0.25) is 10.0 Å². The molecule has 1 aromatic carbocycles. The summed E-state index contributed by atoms with van der Waals surface area (Å²) in [6, 6.07) is 7.26. The van der Waals surface area contributed by atoms with E-state index in [1.165, 1.54) is 6.20 Å². The van der Waals surface area contributed by atoms with E-state index in [2.05, 4.69) is 15.3 Å². The van der Waals surface area contributed by atoms with Crippen LogP contribution in [0.25, 0.3) is 16.1 Å². The lowest BCUT2D eigenvalue weighted by Crippen LogP contribution is -2.24. The van der Waals surface area contributed by atoms with Crippen LogP contribution in [0.4, 0.5) is 11.8 Å². The number of hydrogen-bond acceptors (Lipinski definition) is 4. The number of hydrogen-bond donors (Lipinski definition) is 1. The van der Waals surface area contributed by atoms with Gasteiger partial charge >= 0.3 is 0 Å². The zero-order valence-corrected chi connectivity index (χ0v) is 15.5. The minimum Gasteiger partial charge on any atom is -0.455 e. The normalized spacial score (nSPS) is 15.2. The quantitative estimate of drug-likeness (QED) is 0.696. The second-order valence-electron chi connectivity index (χ2n) is 6.38. The van der Waals surface area contributed by atoms with Crippen molar-refractivity contribution in [2.24, 2.45) is 0 Å². The zero-order chi connectivity index (χ0) is 18.4. The van der Waals surface area contributed by atoms with Crippen LogP contribution in [-0.2, 0) is 0 Å². The van der Waals surface area contributed by atoms with E-state index >= 15 is 0 Å². The smallest absolute Gasteiger partial charge is 0.260 e. The SMILES string of the molecule is CC([N-]c1nc(N)ncc1Cl)c1cc2cccc(Cl)c2c(=O)n1C1CC1. The highest BCUT2D eigenvalue weighted by Crippen LogP contribution is 2.40. The molecule has 4 rings (SSSR count). The monoisotopic (exact) mass is 388 g/mol. The van der Waals surface area contributed by atoms with Gasteiger partial charge in [0, 0.05) is 17.9 Å². The van der Waals surface area contributed by atoms with Crippen molar-refractivity contribution >= 4 is 45.7 Å². The number of aromatic nitrogens is 3. The second kappa shape index (κ2) is 6.45. The molecule has 2 aromatic heterocycles. The summed E-state index contributed by atoms with van der Waals surface area (Å²) >= 11 is 12.4. The molecule has 134 valence electrons. The summed E-state index contributed by atoms with van der Waals surface area (Å²) in [4.78, 5) is 21.0. The lowest BCUT2D eigenvalue weighted by Gasteiger charge is -2.27. The van der Waals surface area contributed by atoms with E-state index in [0.717, 1.165) is 23.9 Å². The van der Waals surface area contributed by atoms with E-state index in [1.807, 2.05) is 25.1 Å². The van der Waals surface area contributed by atoms with Gasteiger partial charge in [-0.05, 0) is 42.2 Å². The van der Waals surface area contributed by atoms with Crippen molar-refractivity contribution in [3.05, 3.63) is 61.9 Å². The number of nitrogen functional groups attached to an aromatic ring is 1. The third-order valence-electron chi connectivity index (χ3n) is 4.46. The van der Waals surface area contributed by atoms with Gasteiger partial charge in [0.25, 0.3) is 5.56 Å². The molecule has 8 heteroatoms. The highest BCUT2D eigenvalue weighted by atomic mass is 35.5. The highest BCUT2D eigenvalue weighted by Gasteiger charge is 2.28. The number of nitrogens with two attached hydrogens (primary N) is 1. The summed E-state index contributed by atoms with van der Waals surface area (Å²) in [6.07, 6.45) is 3.36. The average molecular weight is 389 g/mol. The van der Waals surface area contributed by atoms with Crippen LogP contribution >= 0.6 is 23.2 Å². The molecule has 1 atom stereocenters. The van der Waals surface area contributed by atoms with E-state index in [1.54, 1.807) is 10.6 Å². The van der Waals surface area contributed by atoms with Gasteiger partial charge in [0.05, 0.1) is 15.4 Å². The molecule has 6 nitrogen and oxygen atoms in total. The molecule has 2 heterocycles. The Morgan fingerprint density at radius 1 is 1.31 bits per heavy atom. The Morgan fingerprint density at radius 2 is 2.08 bits per heavy atom. The first-order valence-corrected chi connectivity index (χ1v) is 9.04. The molecular weight excluding hydrogens is 373 g/mol. The topological polar surface area (TPSA) is 87.9 Å². The number of pyridine rings is 1. The molecule has 26 heavy (non-hydrogen) atoms. The maximum atomic E-state index is 13.1. The van der Waals surface area contributed by atoms with Crippen LogP contribution in [0.15, 0.2) is 35.3 Å². The highest BCUT2D eigenvalue weighted by molar-refractivity contribution is 6.35. The number of nitrogens with zero attached hydrogens (tertiary/aromatic N) is 4. The van der Waals surface area contributed by atoms with E-state index in [-0.39, 0.29) is 23.6 Å². The van der Waals surface area contributed by atoms with E-state index in [0.29, 0.717) is 21.2 Å². The number of rotatable bonds is 4. The fourth-order valence-corrected chi connectivity index (χ4v) is 3.50. The third kappa shape index (κ3) is 2.99. The first-order valence-electron chi connectivity index (χ1n) is 8.28. The summed E-state index contributed by atoms with van der Waals surface area (Å²) in [5.41, 5.74) is 6.36. The molecule has 1 aliphatic carbocycles. The van der Waals surface area contributed by atoms with Crippen molar-refractivity contribution in [1.82, 2.24) is 14.5 Å². The minimum absolute atomic E-state index is 0.0825. The van der Waals surface area contributed by atoms with Crippen LogP contribution in [0.3, 0.4) is 0 Å². The predicted molar refractivity (Wildman–Crippen MR) is 104 cm³/mol. The van der Waals surface area contributed by atoms with Gasteiger partial charge in [-0.1, -0.05) is 42.3 Å². The van der Waals surface area contributed by atoms with Crippen LogP contribution in [-0.4, -0.2) is 14.5 Å². The van der Waals surface area contributed by atoms with Gasteiger partial charge < -0.3 is 20.6 Å². The summed E-state index contributed by atoms with van der Waals surface area (Å²) in [7, 11) is 0. The fourth-order valence-electron chi connectivity index (χ4n) is 3.10. The Labute approximate surface area is 160 Å². The van der Waals surface area contributed by atoms with Gasteiger partial charge in [0.1, 0.15) is 5.95 Å². The van der Waals surface area contributed by atoms with Gasteiger partial charge in [-0.3, -0.25) is 4.79 Å². The van der Waals surface area contributed by atoms with Crippen molar-refractivity contribution in [2.45, 2.75) is 31.8 Å². The molecule has 0 spiro atoms. The van der Waals surface area contributed by atoms with Gasteiger partial charge in [-0.15, -0.1) is 0 Å². The third-order valence-corrected chi connectivity index (χ3v) is 5.04. The Kier molecular flexibility index (Phi) is 4.25. The van der Waals surface area contributed by atoms with E-state index < -0.39 is 0 Å². The van der Waals surface area contributed by atoms with Crippen LogP contribution in [0, 0.1) is 0 Å². The van der Waals surface area contributed by atoms with Crippen molar-refractivity contribution in [3.8, 4) is 0 Å². The van der Waals surface area contributed by atoms with Gasteiger partial charge in [-0.25, -0.2) is 4.98 Å².